The molecule has 0 atom stereocenters. The number of carbonyl (C=O) groups excluding carboxylic acids is 2. The summed E-state index contributed by atoms with van der Waals surface area (Å²) in [6, 6.07) is 15.2. The summed E-state index contributed by atoms with van der Waals surface area (Å²) in [6.45, 7) is 1.41. The average molecular weight is 357 g/mol. The third-order valence-electron chi connectivity index (χ3n) is 4.33. The Hall–Kier alpha value is -2.33. The molecule has 0 radical (unpaired) electrons. The molecular formula is C20H21ClN2O2. The first-order chi connectivity index (χ1) is 12.1. The highest BCUT2D eigenvalue weighted by Gasteiger charge is 2.20. The maximum Gasteiger partial charge on any atom is 0.224 e. The van der Waals surface area contributed by atoms with E-state index in [4.69, 9.17) is 11.6 Å². The maximum atomic E-state index is 12.2. The van der Waals surface area contributed by atoms with Crippen LogP contribution in [0.5, 0.6) is 0 Å². The predicted molar refractivity (Wildman–Crippen MR) is 99.5 cm³/mol. The van der Waals surface area contributed by atoms with Crippen LogP contribution in [0.15, 0.2) is 48.5 Å². The molecule has 0 saturated carbocycles. The molecule has 0 spiro atoms. The van der Waals surface area contributed by atoms with Gasteiger partial charge in [0.2, 0.25) is 11.8 Å². The van der Waals surface area contributed by atoms with Crippen LogP contribution in [0.3, 0.4) is 0 Å². The summed E-state index contributed by atoms with van der Waals surface area (Å²) >= 11 is 6.12. The molecule has 5 heteroatoms. The van der Waals surface area contributed by atoms with Crippen LogP contribution in [0.25, 0.3) is 0 Å². The van der Waals surface area contributed by atoms with E-state index in [9.17, 15) is 9.59 Å². The number of carbonyl (C=O) groups is 2. The van der Waals surface area contributed by atoms with Crippen molar-refractivity contribution in [2.24, 2.45) is 0 Å². The molecule has 4 nitrogen and oxygen atoms in total. The lowest BCUT2D eigenvalue weighted by atomic mass is 10.1. The first-order valence-corrected chi connectivity index (χ1v) is 8.89. The molecule has 2 aromatic rings. The standard InChI is InChI=1S/C20H21ClN2O2/c21-18-8-2-1-6-16(18)10-11-19(24)22-17-7-3-5-15(13-17)14-23-12-4-9-20(23)25/h1-3,5-8,13H,4,9-12,14H2,(H,22,24). The highest BCUT2D eigenvalue weighted by atomic mass is 35.5. The van der Waals surface area contributed by atoms with Crippen molar-refractivity contribution in [3.63, 3.8) is 0 Å². The number of aryl methyl sites for hydroxylation is 1. The topological polar surface area (TPSA) is 49.4 Å². The van der Waals surface area contributed by atoms with Gasteiger partial charge in [0, 0.05) is 36.6 Å². The molecule has 3 rings (SSSR count). The predicted octanol–water partition coefficient (Wildman–Crippen LogP) is 4.03. The van der Waals surface area contributed by atoms with E-state index in [2.05, 4.69) is 5.32 Å². The number of halogens is 1. The molecule has 0 unspecified atom stereocenters. The number of anilines is 1. The van der Waals surface area contributed by atoms with Crippen molar-refractivity contribution in [2.45, 2.75) is 32.2 Å². The summed E-state index contributed by atoms with van der Waals surface area (Å²) in [7, 11) is 0. The molecule has 1 fully saturated rings. The molecule has 2 amide bonds. The van der Waals surface area contributed by atoms with Crippen molar-refractivity contribution in [3.8, 4) is 0 Å². The lowest BCUT2D eigenvalue weighted by Gasteiger charge is -2.16. The molecule has 0 aromatic heterocycles. The highest BCUT2D eigenvalue weighted by Crippen LogP contribution is 2.19. The van der Waals surface area contributed by atoms with Crippen molar-refractivity contribution >= 4 is 29.1 Å². The Bertz CT molecular complexity index is 776. The van der Waals surface area contributed by atoms with Crippen molar-refractivity contribution in [1.29, 1.82) is 0 Å². The second-order valence-corrected chi connectivity index (χ2v) is 6.67. The second-order valence-electron chi connectivity index (χ2n) is 6.26. The van der Waals surface area contributed by atoms with Crippen LogP contribution in [0, 0.1) is 0 Å². The largest absolute Gasteiger partial charge is 0.338 e. The fourth-order valence-corrected chi connectivity index (χ4v) is 3.24. The van der Waals surface area contributed by atoms with Gasteiger partial charge in [-0.2, -0.15) is 0 Å². The van der Waals surface area contributed by atoms with E-state index in [1.54, 1.807) is 0 Å². The van der Waals surface area contributed by atoms with Gasteiger partial charge in [-0.1, -0.05) is 41.9 Å². The number of rotatable bonds is 6. The first kappa shape index (κ1) is 17.5. The van der Waals surface area contributed by atoms with Crippen molar-refractivity contribution in [3.05, 3.63) is 64.7 Å². The summed E-state index contributed by atoms with van der Waals surface area (Å²) in [5.74, 6) is 0.156. The minimum absolute atomic E-state index is 0.0469. The summed E-state index contributed by atoms with van der Waals surface area (Å²) < 4.78 is 0. The van der Waals surface area contributed by atoms with Crippen LogP contribution in [-0.4, -0.2) is 23.3 Å². The number of likely N-dealkylation sites (tertiary alicyclic amines) is 1. The van der Waals surface area contributed by atoms with E-state index < -0.39 is 0 Å². The van der Waals surface area contributed by atoms with Gasteiger partial charge in [0.1, 0.15) is 0 Å². The Morgan fingerprint density at radius 1 is 1.16 bits per heavy atom. The van der Waals surface area contributed by atoms with E-state index >= 15 is 0 Å². The van der Waals surface area contributed by atoms with Gasteiger partial charge in [0.25, 0.3) is 0 Å². The number of nitrogens with zero attached hydrogens (tertiary/aromatic N) is 1. The zero-order chi connectivity index (χ0) is 17.6. The van der Waals surface area contributed by atoms with E-state index in [0.717, 1.165) is 29.8 Å². The van der Waals surface area contributed by atoms with Gasteiger partial charge >= 0.3 is 0 Å². The third-order valence-corrected chi connectivity index (χ3v) is 4.70. The molecule has 1 N–H and O–H groups in total. The minimum Gasteiger partial charge on any atom is -0.338 e. The van der Waals surface area contributed by atoms with Gasteiger partial charge in [0.05, 0.1) is 0 Å². The van der Waals surface area contributed by atoms with Crippen molar-refractivity contribution in [2.75, 3.05) is 11.9 Å². The Morgan fingerprint density at radius 3 is 2.76 bits per heavy atom. The van der Waals surface area contributed by atoms with E-state index in [0.29, 0.717) is 30.8 Å². The monoisotopic (exact) mass is 356 g/mol. The quantitative estimate of drug-likeness (QED) is 0.849. The fraction of sp³-hybridized carbons (Fsp3) is 0.300. The van der Waals surface area contributed by atoms with Gasteiger partial charge in [0.15, 0.2) is 0 Å². The first-order valence-electron chi connectivity index (χ1n) is 8.52. The molecule has 0 aliphatic carbocycles. The van der Waals surface area contributed by atoms with Gasteiger partial charge in [-0.25, -0.2) is 0 Å². The Labute approximate surface area is 152 Å². The lowest BCUT2D eigenvalue weighted by molar-refractivity contribution is -0.128. The highest BCUT2D eigenvalue weighted by molar-refractivity contribution is 6.31. The van der Waals surface area contributed by atoms with E-state index in [-0.39, 0.29) is 11.8 Å². The third kappa shape index (κ3) is 4.83. The summed E-state index contributed by atoms with van der Waals surface area (Å²) in [6.07, 6.45) is 2.54. The van der Waals surface area contributed by atoms with Crippen LogP contribution in [-0.2, 0) is 22.6 Å². The Balaban J connectivity index is 1.55. The molecule has 130 valence electrons. The SMILES string of the molecule is O=C(CCc1ccccc1Cl)Nc1cccc(CN2CCCC2=O)c1. The molecule has 25 heavy (non-hydrogen) atoms. The lowest BCUT2D eigenvalue weighted by Crippen LogP contribution is -2.23. The number of benzene rings is 2. The molecule has 1 heterocycles. The number of amides is 2. The summed E-state index contributed by atoms with van der Waals surface area (Å²) in [5, 5.41) is 3.61. The zero-order valence-electron chi connectivity index (χ0n) is 14.0. The Morgan fingerprint density at radius 2 is 2.00 bits per heavy atom. The van der Waals surface area contributed by atoms with Crippen LogP contribution in [0.2, 0.25) is 5.02 Å². The average Bonchev–Trinajstić information content (AvgIpc) is 2.99. The summed E-state index contributed by atoms with van der Waals surface area (Å²) in [4.78, 5) is 25.8. The van der Waals surface area contributed by atoms with Crippen molar-refractivity contribution in [1.82, 2.24) is 4.90 Å². The fourth-order valence-electron chi connectivity index (χ4n) is 3.01. The van der Waals surface area contributed by atoms with Gasteiger partial charge in [-0.05, 0) is 42.2 Å². The molecular weight excluding hydrogens is 336 g/mol. The Kier molecular flexibility index (Phi) is 5.71. The molecule has 0 bridgehead atoms. The number of hydrogen-bond donors (Lipinski definition) is 1. The minimum atomic E-state index is -0.0469. The van der Waals surface area contributed by atoms with Crippen LogP contribution in [0.4, 0.5) is 5.69 Å². The van der Waals surface area contributed by atoms with Crippen LogP contribution in [0.1, 0.15) is 30.4 Å². The summed E-state index contributed by atoms with van der Waals surface area (Å²) in [5.41, 5.74) is 2.76. The number of hydrogen-bond acceptors (Lipinski definition) is 2. The number of nitrogens with one attached hydrogen (secondary N) is 1. The van der Waals surface area contributed by atoms with Gasteiger partial charge in [-0.15, -0.1) is 0 Å². The second kappa shape index (κ2) is 8.17. The smallest absolute Gasteiger partial charge is 0.224 e. The molecule has 1 saturated heterocycles. The van der Waals surface area contributed by atoms with Gasteiger partial charge < -0.3 is 10.2 Å². The van der Waals surface area contributed by atoms with E-state index in [1.807, 2.05) is 53.4 Å². The maximum absolute atomic E-state index is 12.2. The van der Waals surface area contributed by atoms with Crippen LogP contribution >= 0.6 is 11.6 Å². The van der Waals surface area contributed by atoms with Crippen LogP contribution < -0.4 is 5.32 Å². The molecule has 2 aromatic carbocycles. The van der Waals surface area contributed by atoms with E-state index in [1.165, 1.54) is 0 Å². The molecule has 1 aliphatic heterocycles. The molecule has 1 aliphatic rings. The van der Waals surface area contributed by atoms with Crippen molar-refractivity contribution < 1.29 is 9.59 Å². The van der Waals surface area contributed by atoms with Gasteiger partial charge in [-0.3, -0.25) is 9.59 Å². The normalized spacial score (nSPS) is 14.0. The zero-order valence-corrected chi connectivity index (χ0v) is 14.8.